The molecule has 0 saturated heterocycles. The van der Waals surface area contributed by atoms with Crippen LogP contribution in [-0.2, 0) is 0 Å². The van der Waals surface area contributed by atoms with Crippen LogP contribution in [0.2, 0.25) is 10.0 Å². The van der Waals surface area contributed by atoms with Gasteiger partial charge in [0.25, 0.3) is 0 Å². The van der Waals surface area contributed by atoms with E-state index in [4.69, 9.17) is 29.8 Å². The van der Waals surface area contributed by atoms with E-state index in [1.165, 1.54) is 11.3 Å². The molecule has 114 valence electrons. The van der Waals surface area contributed by atoms with Crippen molar-refractivity contribution < 1.29 is 4.79 Å². The molecule has 1 heterocycles. The summed E-state index contributed by atoms with van der Waals surface area (Å²) in [5, 5.41) is 6.59. The number of urea groups is 1. The summed E-state index contributed by atoms with van der Waals surface area (Å²) >= 11 is 13.1. The van der Waals surface area contributed by atoms with Gasteiger partial charge in [-0.15, -0.1) is 0 Å². The van der Waals surface area contributed by atoms with Gasteiger partial charge < -0.3 is 5.32 Å². The van der Waals surface area contributed by atoms with Crippen molar-refractivity contribution in [2.24, 2.45) is 0 Å². The summed E-state index contributed by atoms with van der Waals surface area (Å²) in [6, 6.07) is 9.48. The number of nitrogens with zero attached hydrogens (tertiary/aromatic N) is 2. The van der Waals surface area contributed by atoms with Gasteiger partial charge in [0.2, 0.25) is 0 Å². The predicted molar refractivity (Wildman–Crippen MR) is 95.0 cm³/mol. The first-order valence-corrected chi connectivity index (χ1v) is 7.93. The number of fused-ring (bicyclic) bond motifs is 1. The maximum atomic E-state index is 12.0. The highest BCUT2D eigenvalue weighted by Gasteiger charge is 2.09. The average molecular weight is 363 g/mol. The first kappa shape index (κ1) is 15.6. The number of aromatic nitrogens is 1. The van der Waals surface area contributed by atoms with Crippen LogP contribution < -0.4 is 10.6 Å². The summed E-state index contributed by atoms with van der Waals surface area (Å²) in [7, 11) is 0. The molecule has 0 bridgehead atoms. The normalized spacial score (nSPS) is 10.3. The number of hydrogen-bond donors (Lipinski definition) is 2. The fraction of sp³-hybridized carbons (Fsp3) is 0. The highest BCUT2D eigenvalue weighted by atomic mass is 35.5. The zero-order valence-electron chi connectivity index (χ0n) is 11.4. The van der Waals surface area contributed by atoms with E-state index in [1.807, 2.05) is 0 Å². The molecule has 3 rings (SSSR count). The van der Waals surface area contributed by atoms with Gasteiger partial charge in [-0.1, -0.05) is 40.6 Å². The first-order chi connectivity index (χ1) is 11.0. The topological polar surface area (TPSA) is 58.4 Å². The fourth-order valence-corrected chi connectivity index (χ4v) is 3.34. The molecule has 0 aliphatic carbocycles. The van der Waals surface area contributed by atoms with Crippen LogP contribution in [0, 0.1) is 6.57 Å². The molecule has 0 aliphatic heterocycles. The van der Waals surface area contributed by atoms with Crippen molar-refractivity contribution in [3.63, 3.8) is 0 Å². The number of carbonyl (C=O) groups excluding carboxylic acids is 1. The van der Waals surface area contributed by atoms with E-state index in [0.29, 0.717) is 26.6 Å². The van der Waals surface area contributed by atoms with Gasteiger partial charge in [0.05, 0.1) is 12.1 Å². The molecule has 2 aromatic carbocycles. The van der Waals surface area contributed by atoms with Crippen molar-refractivity contribution in [3.8, 4) is 0 Å². The summed E-state index contributed by atoms with van der Waals surface area (Å²) in [4.78, 5) is 19.7. The van der Waals surface area contributed by atoms with Crippen molar-refractivity contribution in [2.45, 2.75) is 0 Å². The van der Waals surface area contributed by atoms with Crippen LogP contribution >= 0.6 is 34.5 Å². The molecular weight excluding hydrogens is 355 g/mol. The molecule has 2 N–H and O–H groups in total. The van der Waals surface area contributed by atoms with Gasteiger partial charge in [-0.2, -0.15) is 0 Å². The van der Waals surface area contributed by atoms with E-state index in [-0.39, 0.29) is 0 Å². The summed E-state index contributed by atoms with van der Waals surface area (Å²) in [6.07, 6.45) is 0. The Morgan fingerprint density at radius 3 is 2.57 bits per heavy atom. The van der Waals surface area contributed by atoms with Crippen molar-refractivity contribution in [2.75, 3.05) is 10.6 Å². The van der Waals surface area contributed by atoms with Crippen LogP contribution in [0.3, 0.4) is 0 Å². The lowest BCUT2D eigenvalue weighted by Crippen LogP contribution is -2.19. The zero-order valence-corrected chi connectivity index (χ0v) is 13.8. The van der Waals surface area contributed by atoms with Gasteiger partial charge >= 0.3 is 6.03 Å². The largest absolute Gasteiger partial charge is 0.325 e. The Bertz CT molecular complexity index is 928. The summed E-state index contributed by atoms with van der Waals surface area (Å²) in [5.41, 5.74) is 1.74. The summed E-state index contributed by atoms with van der Waals surface area (Å²) in [6.45, 7) is 7.01. The quantitative estimate of drug-likeness (QED) is 0.566. The molecule has 0 saturated carbocycles. The molecule has 1 aromatic heterocycles. The Morgan fingerprint density at radius 1 is 1.13 bits per heavy atom. The SMILES string of the molecule is [C-]#[N+]c1ccc2nc(NC(=O)Nc3cc(Cl)cc(Cl)c3)sc2c1. The van der Waals surface area contributed by atoms with Gasteiger partial charge in [-0.25, -0.2) is 14.6 Å². The highest BCUT2D eigenvalue weighted by molar-refractivity contribution is 7.22. The van der Waals surface area contributed by atoms with Crippen molar-refractivity contribution in [1.29, 1.82) is 0 Å². The minimum absolute atomic E-state index is 0.430. The molecule has 0 unspecified atom stereocenters. The summed E-state index contributed by atoms with van der Waals surface area (Å²) < 4.78 is 0.833. The van der Waals surface area contributed by atoms with Crippen LogP contribution in [0.4, 0.5) is 21.3 Å². The molecular formula is C15H8Cl2N4OS. The van der Waals surface area contributed by atoms with Crippen molar-refractivity contribution >= 4 is 67.3 Å². The van der Waals surface area contributed by atoms with Crippen LogP contribution in [0.15, 0.2) is 36.4 Å². The van der Waals surface area contributed by atoms with Crippen LogP contribution in [0.25, 0.3) is 15.1 Å². The second-order valence-corrected chi connectivity index (χ2v) is 6.42. The second-order valence-electron chi connectivity index (χ2n) is 4.52. The van der Waals surface area contributed by atoms with E-state index in [0.717, 1.165) is 10.2 Å². The monoisotopic (exact) mass is 362 g/mol. The number of hydrogen-bond acceptors (Lipinski definition) is 3. The third-order valence-corrected chi connectivity index (χ3v) is 4.21. The van der Waals surface area contributed by atoms with E-state index in [2.05, 4.69) is 20.5 Å². The maximum Gasteiger partial charge on any atom is 0.325 e. The van der Waals surface area contributed by atoms with Crippen LogP contribution in [0.5, 0.6) is 0 Å². The van der Waals surface area contributed by atoms with Crippen molar-refractivity contribution in [1.82, 2.24) is 4.98 Å². The lowest BCUT2D eigenvalue weighted by Gasteiger charge is -2.06. The van der Waals surface area contributed by atoms with Gasteiger partial charge in [0, 0.05) is 20.4 Å². The molecule has 23 heavy (non-hydrogen) atoms. The smallest absolute Gasteiger partial charge is 0.308 e. The van der Waals surface area contributed by atoms with Crippen molar-refractivity contribution in [3.05, 3.63) is 57.9 Å². The van der Waals surface area contributed by atoms with Crippen LogP contribution in [-0.4, -0.2) is 11.0 Å². The van der Waals surface area contributed by atoms with E-state index >= 15 is 0 Å². The van der Waals surface area contributed by atoms with Gasteiger partial charge in [-0.05, 0) is 30.3 Å². The maximum absolute atomic E-state index is 12.0. The Labute approximate surface area is 145 Å². The predicted octanol–water partition coefficient (Wildman–Crippen LogP) is 5.80. The number of carbonyl (C=O) groups is 1. The molecule has 0 spiro atoms. The minimum Gasteiger partial charge on any atom is -0.308 e. The second kappa shape index (κ2) is 6.42. The molecule has 5 nitrogen and oxygen atoms in total. The van der Waals surface area contributed by atoms with Gasteiger partial charge in [0.1, 0.15) is 0 Å². The Balaban J connectivity index is 1.76. The highest BCUT2D eigenvalue weighted by Crippen LogP contribution is 2.29. The van der Waals surface area contributed by atoms with E-state index < -0.39 is 6.03 Å². The Kier molecular flexibility index (Phi) is 4.35. The number of thiazole rings is 1. The molecule has 3 aromatic rings. The number of halogens is 2. The van der Waals surface area contributed by atoms with E-state index in [9.17, 15) is 4.79 Å². The molecule has 8 heteroatoms. The molecule has 2 amide bonds. The molecule has 0 radical (unpaired) electrons. The number of nitrogens with one attached hydrogen (secondary N) is 2. The average Bonchev–Trinajstić information content (AvgIpc) is 2.86. The third kappa shape index (κ3) is 3.71. The van der Waals surface area contributed by atoms with Crippen LogP contribution in [0.1, 0.15) is 0 Å². The zero-order chi connectivity index (χ0) is 16.4. The number of benzene rings is 2. The lowest BCUT2D eigenvalue weighted by atomic mass is 10.3. The molecule has 0 fully saturated rings. The number of amides is 2. The number of anilines is 2. The first-order valence-electron chi connectivity index (χ1n) is 6.35. The van der Waals surface area contributed by atoms with Gasteiger partial charge in [-0.3, -0.25) is 5.32 Å². The third-order valence-electron chi connectivity index (χ3n) is 2.84. The Hall–Kier alpha value is -2.33. The van der Waals surface area contributed by atoms with E-state index in [1.54, 1.807) is 36.4 Å². The van der Waals surface area contributed by atoms with Gasteiger partial charge in [0.15, 0.2) is 10.8 Å². The minimum atomic E-state index is -0.451. The standard InChI is InChI=1S/C15H8Cl2N4OS/c1-18-10-2-3-12-13(7-10)23-15(20-12)21-14(22)19-11-5-8(16)4-9(17)6-11/h2-7H,(H2,19,20,21,22). The lowest BCUT2D eigenvalue weighted by molar-refractivity contribution is 0.262. The molecule has 0 atom stereocenters. The summed E-state index contributed by atoms with van der Waals surface area (Å²) in [5.74, 6) is 0. The fourth-order valence-electron chi connectivity index (χ4n) is 1.92. The molecule has 0 aliphatic rings. The Morgan fingerprint density at radius 2 is 1.87 bits per heavy atom. The number of rotatable bonds is 2.